The van der Waals surface area contributed by atoms with Crippen molar-refractivity contribution in [3.05, 3.63) is 90.1 Å². The van der Waals surface area contributed by atoms with Crippen LogP contribution in [0, 0.1) is 0 Å². The molecule has 0 saturated heterocycles. The topological polar surface area (TPSA) is 101 Å². The predicted octanol–water partition coefficient (Wildman–Crippen LogP) is 4.26. The molecule has 0 fully saturated rings. The quantitative estimate of drug-likeness (QED) is 0.470. The summed E-state index contributed by atoms with van der Waals surface area (Å²) in [5.74, 6) is -0.330. The van der Waals surface area contributed by atoms with Gasteiger partial charge in [-0.05, 0) is 48.5 Å². The van der Waals surface area contributed by atoms with Crippen LogP contribution in [0.5, 0.6) is 0 Å². The van der Waals surface area contributed by atoms with E-state index in [1.807, 2.05) is 17.5 Å². The molecule has 2 heterocycles. The molecule has 0 aliphatic heterocycles. The number of aromatic nitrogens is 2. The Balaban J connectivity index is 1.43. The van der Waals surface area contributed by atoms with E-state index in [-0.39, 0.29) is 10.8 Å². The molecule has 2 aromatic heterocycles. The minimum absolute atomic E-state index is 0.167. The number of hydrogen-bond acceptors (Lipinski definition) is 6. The standard InChI is InChI=1S/C21H16N4O3S2/c26-20(24-21-23-19(14-29-21)15-10-12-22-13-11-15)16-6-8-17(9-7-16)25-30(27,28)18-4-2-1-3-5-18/h1-14,25H,(H,23,24,26). The van der Waals surface area contributed by atoms with E-state index in [1.165, 1.54) is 23.5 Å². The predicted molar refractivity (Wildman–Crippen MR) is 117 cm³/mol. The van der Waals surface area contributed by atoms with Crippen molar-refractivity contribution >= 4 is 38.1 Å². The average molecular weight is 437 g/mol. The van der Waals surface area contributed by atoms with Crippen molar-refractivity contribution in [3.8, 4) is 11.3 Å². The number of carbonyl (C=O) groups is 1. The number of amides is 1. The Kier molecular flexibility index (Phi) is 5.55. The van der Waals surface area contributed by atoms with Crippen molar-refractivity contribution in [2.24, 2.45) is 0 Å². The summed E-state index contributed by atoms with van der Waals surface area (Å²) < 4.78 is 27.3. The fourth-order valence-corrected chi connectivity index (χ4v) is 4.45. The molecule has 0 saturated carbocycles. The molecule has 0 bridgehead atoms. The van der Waals surface area contributed by atoms with Crippen molar-refractivity contribution in [2.75, 3.05) is 10.0 Å². The first-order chi connectivity index (χ1) is 14.5. The number of thiazole rings is 1. The largest absolute Gasteiger partial charge is 0.298 e. The van der Waals surface area contributed by atoms with Crippen molar-refractivity contribution in [1.82, 2.24) is 9.97 Å². The zero-order valence-electron chi connectivity index (χ0n) is 15.5. The molecule has 2 aromatic carbocycles. The van der Waals surface area contributed by atoms with Crippen molar-refractivity contribution in [2.45, 2.75) is 4.90 Å². The molecule has 150 valence electrons. The zero-order valence-corrected chi connectivity index (χ0v) is 17.2. The van der Waals surface area contributed by atoms with Gasteiger partial charge in [0.2, 0.25) is 0 Å². The number of nitrogens with one attached hydrogen (secondary N) is 2. The Bertz CT molecular complexity index is 1260. The molecule has 0 unspecified atom stereocenters. The highest BCUT2D eigenvalue weighted by molar-refractivity contribution is 7.92. The van der Waals surface area contributed by atoms with Crippen LogP contribution in [0.4, 0.5) is 10.8 Å². The van der Waals surface area contributed by atoms with E-state index in [1.54, 1.807) is 54.9 Å². The van der Waals surface area contributed by atoms with Gasteiger partial charge in [0.05, 0.1) is 10.6 Å². The van der Waals surface area contributed by atoms with Crippen LogP contribution in [0.1, 0.15) is 10.4 Å². The molecule has 0 radical (unpaired) electrons. The van der Waals surface area contributed by atoms with Crippen molar-refractivity contribution < 1.29 is 13.2 Å². The van der Waals surface area contributed by atoms with Crippen LogP contribution < -0.4 is 10.0 Å². The van der Waals surface area contributed by atoms with E-state index in [0.29, 0.717) is 16.4 Å². The van der Waals surface area contributed by atoms with Crippen LogP contribution in [0.2, 0.25) is 0 Å². The second-order valence-corrected chi connectivity index (χ2v) is 8.76. The Morgan fingerprint density at radius 2 is 1.60 bits per heavy atom. The molecule has 0 spiro atoms. The third kappa shape index (κ3) is 4.53. The van der Waals surface area contributed by atoms with E-state index in [9.17, 15) is 13.2 Å². The zero-order chi connectivity index (χ0) is 21.0. The number of pyridine rings is 1. The second-order valence-electron chi connectivity index (χ2n) is 6.22. The molecule has 30 heavy (non-hydrogen) atoms. The molecule has 0 atom stereocenters. The number of nitrogens with zero attached hydrogens (tertiary/aromatic N) is 2. The highest BCUT2D eigenvalue weighted by Gasteiger charge is 2.14. The summed E-state index contributed by atoms with van der Waals surface area (Å²) >= 11 is 1.32. The van der Waals surface area contributed by atoms with Crippen molar-refractivity contribution in [3.63, 3.8) is 0 Å². The van der Waals surface area contributed by atoms with Gasteiger partial charge in [-0.25, -0.2) is 13.4 Å². The van der Waals surface area contributed by atoms with Crippen LogP contribution >= 0.6 is 11.3 Å². The number of carbonyl (C=O) groups excluding carboxylic acids is 1. The van der Waals surface area contributed by atoms with Gasteiger partial charge in [0.25, 0.3) is 15.9 Å². The lowest BCUT2D eigenvalue weighted by atomic mass is 10.2. The SMILES string of the molecule is O=C(Nc1nc(-c2ccncc2)cs1)c1ccc(NS(=O)(=O)c2ccccc2)cc1. The maximum absolute atomic E-state index is 12.5. The molecular weight excluding hydrogens is 420 g/mol. The molecule has 0 aliphatic carbocycles. The number of rotatable bonds is 6. The molecule has 2 N–H and O–H groups in total. The molecule has 1 amide bonds. The Hall–Kier alpha value is -3.56. The summed E-state index contributed by atoms with van der Waals surface area (Å²) in [6.07, 6.45) is 3.36. The normalized spacial score (nSPS) is 11.1. The molecule has 0 aliphatic rings. The van der Waals surface area contributed by atoms with Crippen LogP contribution in [0.25, 0.3) is 11.3 Å². The maximum atomic E-state index is 12.5. The van der Waals surface area contributed by atoms with Crippen LogP contribution in [-0.2, 0) is 10.0 Å². The second kappa shape index (κ2) is 8.44. The highest BCUT2D eigenvalue weighted by atomic mass is 32.2. The third-order valence-electron chi connectivity index (χ3n) is 4.15. The number of sulfonamides is 1. The van der Waals surface area contributed by atoms with E-state index in [2.05, 4.69) is 20.0 Å². The molecular formula is C21H16N4O3S2. The average Bonchev–Trinajstić information content (AvgIpc) is 3.24. The molecule has 9 heteroatoms. The first-order valence-corrected chi connectivity index (χ1v) is 11.2. The van der Waals surface area contributed by atoms with Crippen molar-refractivity contribution in [1.29, 1.82) is 0 Å². The Labute approximate surface area is 177 Å². The summed E-state index contributed by atoms with van der Waals surface area (Å²) in [6, 6.07) is 17.9. The van der Waals surface area contributed by atoms with Gasteiger partial charge in [-0.3, -0.25) is 19.8 Å². The van der Waals surface area contributed by atoms with Gasteiger partial charge in [-0.1, -0.05) is 18.2 Å². The fourth-order valence-electron chi connectivity index (χ4n) is 2.66. The lowest BCUT2D eigenvalue weighted by Gasteiger charge is -2.08. The fraction of sp³-hybridized carbons (Fsp3) is 0. The first kappa shape index (κ1) is 19.7. The molecule has 7 nitrogen and oxygen atoms in total. The van der Waals surface area contributed by atoms with Gasteiger partial charge in [-0.15, -0.1) is 11.3 Å². The van der Waals surface area contributed by atoms with E-state index < -0.39 is 10.0 Å². The molecule has 4 aromatic rings. The smallest absolute Gasteiger partial charge is 0.261 e. The van der Waals surface area contributed by atoms with Gasteiger partial charge in [0, 0.05) is 34.6 Å². The first-order valence-electron chi connectivity index (χ1n) is 8.86. The van der Waals surface area contributed by atoms with Gasteiger partial charge in [0.15, 0.2) is 5.13 Å². The summed E-state index contributed by atoms with van der Waals surface area (Å²) in [6.45, 7) is 0. The number of benzene rings is 2. The van der Waals surface area contributed by atoms with Crippen LogP contribution in [-0.4, -0.2) is 24.3 Å². The van der Waals surface area contributed by atoms with Gasteiger partial charge in [0.1, 0.15) is 0 Å². The lowest BCUT2D eigenvalue weighted by Crippen LogP contribution is -2.14. The van der Waals surface area contributed by atoms with E-state index in [0.717, 1.165) is 11.3 Å². The number of anilines is 2. The lowest BCUT2D eigenvalue weighted by molar-refractivity contribution is 0.102. The Morgan fingerprint density at radius 3 is 2.30 bits per heavy atom. The van der Waals surface area contributed by atoms with Crippen LogP contribution in [0.3, 0.4) is 0 Å². The summed E-state index contributed by atoms with van der Waals surface area (Å²) in [7, 11) is -3.68. The van der Waals surface area contributed by atoms with Gasteiger partial charge < -0.3 is 0 Å². The minimum Gasteiger partial charge on any atom is -0.298 e. The van der Waals surface area contributed by atoms with Gasteiger partial charge >= 0.3 is 0 Å². The minimum atomic E-state index is -3.68. The number of hydrogen-bond donors (Lipinski definition) is 2. The third-order valence-corrected chi connectivity index (χ3v) is 6.31. The maximum Gasteiger partial charge on any atom is 0.261 e. The van der Waals surface area contributed by atoms with E-state index >= 15 is 0 Å². The summed E-state index contributed by atoms with van der Waals surface area (Å²) in [5.41, 5.74) is 2.42. The summed E-state index contributed by atoms with van der Waals surface area (Å²) in [5, 5.41) is 5.08. The monoisotopic (exact) mass is 436 g/mol. The van der Waals surface area contributed by atoms with Crippen LogP contribution in [0.15, 0.2) is 89.4 Å². The molecule has 4 rings (SSSR count). The van der Waals surface area contributed by atoms with E-state index in [4.69, 9.17) is 0 Å². The van der Waals surface area contributed by atoms with Gasteiger partial charge in [-0.2, -0.15) is 0 Å². The summed E-state index contributed by atoms with van der Waals surface area (Å²) in [4.78, 5) is 21.0. The Morgan fingerprint density at radius 1 is 0.900 bits per heavy atom. The highest BCUT2D eigenvalue weighted by Crippen LogP contribution is 2.25.